The van der Waals surface area contributed by atoms with E-state index in [0.29, 0.717) is 10.7 Å². The third-order valence-electron chi connectivity index (χ3n) is 2.70. The van der Waals surface area contributed by atoms with Crippen molar-refractivity contribution in [3.05, 3.63) is 29.3 Å². The number of ether oxygens (including phenoxy) is 1. The van der Waals surface area contributed by atoms with Gasteiger partial charge in [0.2, 0.25) is 0 Å². The number of hydrogen-bond acceptors (Lipinski definition) is 3. The van der Waals surface area contributed by atoms with Crippen molar-refractivity contribution in [1.82, 2.24) is 0 Å². The van der Waals surface area contributed by atoms with E-state index in [-0.39, 0.29) is 17.8 Å². The SMILES string of the molecule is C[C@@H](OC(=O)C1CC1)C(=O)Nc1ccccc1Cl. The van der Waals surface area contributed by atoms with Gasteiger partial charge in [-0.1, -0.05) is 23.7 Å². The highest BCUT2D eigenvalue weighted by Gasteiger charge is 2.33. The van der Waals surface area contributed by atoms with Gasteiger partial charge in [-0.25, -0.2) is 0 Å². The maximum Gasteiger partial charge on any atom is 0.309 e. The molecule has 5 heteroatoms. The van der Waals surface area contributed by atoms with Crippen molar-refractivity contribution in [2.75, 3.05) is 5.32 Å². The zero-order chi connectivity index (χ0) is 13.1. The van der Waals surface area contributed by atoms with Gasteiger partial charge in [-0.3, -0.25) is 9.59 Å². The third kappa shape index (κ3) is 3.23. The Morgan fingerprint density at radius 3 is 2.67 bits per heavy atom. The Labute approximate surface area is 110 Å². The first-order chi connectivity index (χ1) is 8.58. The third-order valence-corrected chi connectivity index (χ3v) is 3.03. The summed E-state index contributed by atoms with van der Waals surface area (Å²) in [5.41, 5.74) is 0.512. The van der Waals surface area contributed by atoms with E-state index in [1.165, 1.54) is 0 Å². The quantitative estimate of drug-likeness (QED) is 0.853. The molecule has 1 atom stereocenters. The number of para-hydroxylation sites is 1. The molecule has 1 aliphatic rings. The van der Waals surface area contributed by atoms with Gasteiger partial charge in [0, 0.05) is 0 Å². The molecule has 1 fully saturated rings. The smallest absolute Gasteiger partial charge is 0.309 e. The minimum Gasteiger partial charge on any atom is -0.452 e. The van der Waals surface area contributed by atoms with Gasteiger partial charge < -0.3 is 10.1 Å². The van der Waals surface area contributed by atoms with Crippen LogP contribution in [0.1, 0.15) is 19.8 Å². The van der Waals surface area contributed by atoms with Crippen LogP contribution < -0.4 is 5.32 Å². The van der Waals surface area contributed by atoms with Crippen molar-refractivity contribution in [1.29, 1.82) is 0 Å². The molecule has 0 aromatic heterocycles. The standard InChI is InChI=1S/C13H14ClNO3/c1-8(18-13(17)9-6-7-9)12(16)15-11-5-3-2-4-10(11)14/h2-5,8-9H,6-7H2,1H3,(H,15,16)/t8-/m1/s1. The fraction of sp³-hybridized carbons (Fsp3) is 0.385. The predicted octanol–water partition coefficient (Wildman–Crippen LogP) is 2.62. The molecular weight excluding hydrogens is 254 g/mol. The molecule has 4 nitrogen and oxygen atoms in total. The van der Waals surface area contributed by atoms with Crippen LogP contribution in [0.3, 0.4) is 0 Å². The molecule has 0 radical (unpaired) electrons. The number of amides is 1. The molecule has 1 aromatic rings. The summed E-state index contributed by atoms with van der Waals surface area (Å²) in [5, 5.41) is 3.08. The van der Waals surface area contributed by atoms with E-state index in [9.17, 15) is 9.59 Å². The average Bonchev–Trinajstić information content (AvgIpc) is 3.15. The van der Waals surface area contributed by atoms with Crippen LogP contribution in [0.4, 0.5) is 5.69 Å². The van der Waals surface area contributed by atoms with Gasteiger partial charge in [-0.05, 0) is 31.9 Å². The number of halogens is 1. The first kappa shape index (κ1) is 12.9. The van der Waals surface area contributed by atoms with E-state index in [1.807, 2.05) is 0 Å². The Bertz CT molecular complexity index is 471. The Morgan fingerprint density at radius 1 is 1.39 bits per heavy atom. The molecule has 18 heavy (non-hydrogen) atoms. The van der Waals surface area contributed by atoms with Crippen LogP contribution >= 0.6 is 11.6 Å². The average molecular weight is 268 g/mol. The van der Waals surface area contributed by atoms with Crippen molar-refractivity contribution in [2.24, 2.45) is 5.92 Å². The fourth-order valence-corrected chi connectivity index (χ4v) is 1.62. The van der Waals surface area contributed by atoms with Crippen LogP contribution in [0.5, 0.6) is 0 Å². The second kappa shape index (κ2) is 5.40. The number of rotatable bonds is 4. The van der Waals surface area contributed by atoms with Crippen molar-refractivity contribution < 1.29 is 14.3 Å². The molecule has 0 aliphatic heterocycles. The van der Waals surface area contributed by atoms with E-state index < -0.39 is 6.10 Å². The van der Waals surface area contributed by atoms with Crippen molar-refractivity contribution in [3.63, 3.8) is 0 Å². The van der Waals surface area contributed by atoms with Crippen LogP contribution in [0, 0.1) is 5.92 Å². The van der Waals surface area contributed by atoms with E-state index in [0.717, 1.165) is 12.8 Å². The van der Waals surface area contributed by atoms with Gasteiger partial charge in [0.05, 0.1) is 16.6 Å². The zero-order valence-electron chi connectivity index (χ0n) is 9.98. The summed E-state index contributed by atoms with van der Waals surface area (Å²) in [7, 11) is 0. The number of carbonyl (C=O) groups is 2. The number of anilines is 1. The van der Waals surface area contributed by atoms with Gasteiger partial charge in [0.1, 0.15) is 0 Å². The van der Waals surface area contributed by atoms with E-state index in [2.05, 4.69) is 5.32 Å². The summed E-state index contributed by atoms with van der Waals surface area (Å²) in [5.74, 6) is -0.686. The molecule has 2 rings (SSSR count). The van der Waals surface area contributed by atoms with Crippen molar-refractivity contribution in [2.45, 2.75) is 25.9 Å². The Kier molecular flexibility index (Phi) is 3.87. The summed E-state index contributed by atoms with van der Waals surface area (Å²) < 4.78 is 5.05. The molecule has 0 saturated heterocycles. The molecule has 0 spiro atoms. The van der Waals surface area contributed by atoms with Crippen LogP contribution in [-0.4, -0.2) is 18.0 Å². The first-order valence-electron chi connectivity index (χ1n) is 5.84. The topological polar surface area (TPSA) is 55.4 Å². The van der Waals surface area contributed by atoms with E-state index in [4.69, 9.17) is 16.3 Å². The minimum absolute atomic E-state index is 0.0134. The van der Waals surface area contributed by atoms with Gasteiger partial charge >= 0.3 is 5.97 Å². The molecule has 1 N–H and O–H groups in total. The summed E-state index contributed by atoms with van der Waals surface area (Å²) in [4.78, 5) is 23.2. The lowest BCUT2D eigenvalue weighted by Crippen LogP contribution is -2.30. The summed E-state index contributed by atoms with van der Waals surface area (Å²) in [6.45, 7) is 1.55. The second-order valence-corrected chi connectivity index (χ2v) is 4.73. The highest BCUT2D eigenvalue weighted by molar-refractivity contribution is 6.33. The zero-order valence-corrected chi connectivity index (χ0v) is 10.7. The van der Waals surface area contributed by atoms with Crippen molar-refractivity contribution in [3.8, 4) is 0 Å². The molecular formula is C13H14ClNO3. The van der Waals surface area contributed by atoms with E-state index >= 15 is 0 Å². The van der Waals surface area contributed by atoms with Crippen LogP contribution in [0.25, 0.3) is 0 Å². The number of hydrogen-bond donors (Lipinski definition) is 1. The fourth-order valence-electron chi connectivity index (χ4n) is 1.44. The van der Waals surface area contributed by atoms with Crippen LogP contribution in [0.15, 0.2) is 24.3 Å². The summed E-state index contributed by atoms with van der Waals surface area (Å²) in [6, 6.07) is 6.91. The van der Waals surface area contributed by atoms with Crippen LogP contribution in [0.2, 0.25) is 5.02 Å². The first-order valence-corrected chi connectivity index (χ1v) is 6.21. The molecule has 0 unspecified atom stereocenters. The molecule has 1 aromatic carbocycles. The number of carbonyl (C=O) groups excluding carboxylic acids is 2. The normalized spacial score (nSPS) is 15.9. The highest BCUT2D eigenvalue weighted by Crippen LogP contribution is 2.30. The Hall–Kier alpha value is -1.55. The number of nitrogens with one attached hydrogen (secondary N) is 1. The Balaban J connectivity index is 1.90. The largest absolute Gasteiger partial charge is 0.452 e. The predicted molar refractivity (Wildman–Crippen MR) is 68.4 cm³/mol. The summed E-state index contributed by atoms with van der Waals surface area (Å²) in [6.07, 6.45) is 0.907. The lowest BCUT2D eigenvalue weighted by molar-refractivity contribution is -0.154. The van der Waals surface area contributed by atoms with Gasteiger partial charge in [-0.2, -0.15) is 0 Å². The molecule has 0 bridgehead atoms. The second-order valence-electron chi connectivity index (χ2n) is 4.32. The molecule has 96 valence electrons. The lowest BCUT2D eigenvalue weighted by atomic mass is 10.3. The minimum atomic E-state index is -0.811. The number of esters is 1. The molecule has 1 amide bonds. The molecule has 0 heterocycles. The van der Waals surface area contributed by atoms with Crippen LogP contribution in [-0.2, 0) is 14.3 Å². The maximum atomic E-state index is 11.8. The Morgan fingerprint density at radius 2 is 2.06 bits per heavy atom. The van der Waals surface area contributed by atoms with Gasteiger partial charge in [-0.15, -0.1) is 0 Å². The lowest BCUT2D eigenvalue weighted by Gasteiger charge is -2.13. The monoisotopic (exact) mass is 267 g/mol. The number of benzene rings is 1. The van der Waals surface area contributed by atoms with Crippen molar-refractivity contribution >= 4 is 29.2 Å². The molecule has 1 saturated carbocycles. The molecule has 1 aliphatic carbocycles. The highest BCUT2D eigenvalue weighted by atomic mass is 35.5. The summed E-state index contributed by atoms with van der Waals surface area (Å²) >= 11 is 5.92. The van der Waals surface area contributed by atoms with Gasteiger partial charge in [0.25, 0.3) is 5.91 Å². The maximum absolute atomic E-state index is 11.8. The van der Waals surface area contributed by atoms with E-state index in [1.54, 1.807) is 31.2 Å². The van der Waals surface area contributed by atoms with Gasteiger partial charge in [0.15, 0.2) is 6.10 Å².